The molecule has 0 unspecified atom stereocenters. The molecule has 0 atom stereocenters. The van der Waals surface area contributed by atoms with Crippen LogP contribution in [0, 0.1) is 0 Å². The van der Waals surface area contributed by atoms with Crippen molar-refractivity contribution in [2.45, 2.75) is 13.1 Å². The third kappa shape index (κ3) is 2.74. The Hall–Kier alpha value is -2.38. The van der Waals surface area contributed by atoms with E-state index in [9.17, 15) is 27.6 Å². The van der Waals surface area contributed by atoms with E-state index in [0.717, 1.165) is 17.0 Å². The molecule has 0 fully saturated rings. The Morgan fingerprint density at radius 3 is 2.52 bits per heavy atom. The lowest BCUT2D eigenvalue weighted by atomic mass is 10.1. The Bertz CT molecular complexity index is 626. The van der Waals surface area contributed by atoms with Crippen molar-refractivity contribution >= 4 is 23.3 Å². The minimum atomic E-state index is -4.61. The molecule has 0 spiro atoms. The lowest BCUT2D eigenvalue weighted by molar-refractivity contribution is -0.137. The number of anilines is 1. The van der Waals surface area contributed by atoms with E-state index in [-0.39, 0.29) is 11.3 Å². The van der Waals surface area contributed by atoms with Gasteiger partial charge in [-0.2, -0.15) is 13.2 Å². The van der Waals surface area contributed by atoms with Crippen LogP contribution >= 0.6 is 0 Å². The maximum absolute atomic E-state index is 12.6. The molecular formula is C13H11F3N2O3. The smallest absolute Gasteiger partial charge is 0.355 e. The van der Waals surface area contributed by atoms with Gasteiger partial charge in [0.25, 0.3) is 11.7 Å². The highest BCUT2D eigenvalue weighted by Crippen LogP contribution is 2.35. The number of rotatable bonds is 3. The summed E-state index contributed by atoms with van der Waals surface area (Å²) >= 11 is 0. The summed E-state index contributed by atoms with van der Waals surface area (Å²) in [5.41, 5.74) is -1.33. The zero-order valence-electron chi connectivity index (χ0n) is 11.0. The Morgan fingerprint density at radius 2 is 1.95 bits per heavy atom. The van der Waals surface area contributed by atoms with Crippen LogP contribution in [0.15, 0.2) is 18.2 Å². The van der Waals surface area contributed by atoms with Gasteiger partial charge in [-0.1, -0.05) is 0 Å². The second-order valence-corrected chi connectivity index (χ2v) is 4.40. The molecule has 8 heteroatoms. The first-order valence-corrected chi connectivity index (χ1v) is 6.10. The summed E-state index contributed by atoms with van der Waals surface area (Å²) in [5.74, 6) is -2.54. The van der Waals surface area contributed by atoms with Crippen molar-refractivity contribution in [3.05, 3.63) is 29.3 Å². The number of Topliss-reactive ketones (excluding diaryl/α,β-unsaturated/α-hetero) is 1. The van der Waals surface area contributed by atoms with Crippen molar-refractivity contribution in [1.82, 2.24) is 5.32 Å². The van der Waals surface area contributed by atoms with Gasteiger partial charge >= 0.3 is 6.18 Å². The average Bonchev–Trinajstić information content (AvgIpc) is 2.63. The molecule has 1 aliphatic heterocycles. The second-order valence-electron chi connectivity index (χ2n) is 4.40. The van der Waals surface area contributed by atoms with Crippen LogP contribution in [0.3, 0.4) is 0 Å². The van der Waals surface area contributed by atoms with Gasteiger partial charge in [-0.15, -0.1) is 0 Å². The van der Waals surface area contributed by atoms with Gasteiger partial charge in [0.2, 0.25) is 5.91 Å². The molecule has 1 aliphatic rings. The highest BCUT2D eigenvalue weighted by molar-refractivity contribution is 6.52. The van der Waals surface area contributed by atoms with Crippen molar-refractivity contribution < 1.29 is 27.6 Å². The van der Waals surface area contributed by atoms with Gasteiger partial charge in [0.05, 0.1) is 16.8 Å². The van der Waals surface area contributed by atoms with Gasteiger partial charge in [-0.3, -0.25) is 19.3 Å². The number of hydrogen-bond donors (Lipinski definition) is 1. The van der Waals surface area contributed by atoms with Crippen LogP contribution in [0.5, 0.6) is 0 Å². The molecule has 1 aromatic rings. The number of alkyl halides is 3. The topological polar surface area (TPSA) is 66.5 Å². The minimum Gasteiger partial charge on any atom is -0.355 e. The number of fused-ring (bicyclic) bond motifs is 1. The molecule has 2 amide bonds. The molecule has 1 N–H and O–H groups in total. The molecule has 0 saturated heterocycles. The summed E-state index contributed by atoms with van der Waals surface area (Å²) in [6, 6.07) is 2.43. The van der Waals surface area contributed by atoms with Crippen molar-refractivity contribution in [1.29, 1.82) is 0 Å². The molecule has 0 bridgehead atoms. The summed E-state index contributed by atoms with van der Waals surface area (Å²) < 4.78 is 37.8. The molecule has 5 nitrogen and oxygen atoms in total. The van der Waals surface area contributed by atoms with Crippen LogP contribution in [0.25, 0.3) is 0 Å². The number of halogens is 3. The normalized spacial score (nSPS) is 14.4. The zero-order chi connectivity index (χ0) is 15.8. The van der Waals surface area contributed by atoms with E-state index in [1.807, 2.05) is 0 Å². The number of carbonyl (C=O) groups excluding carboxylic acids is 3. The molecule has 2 rings (SSSR count). The molecule has 0 aromatic heterocycles. The maximum atomic E-state index is 12.6. The summed E-state index contributed by atoms with van der Waals surface area (Å²) in [6.45, 7) is 1.61. The number of benzene rings is 1. The van der Waals surface area contributed by atoms with E-state index in [2.05, 4.69) is 5.32 Å². The van der Waals surface area contributed by atoms with Crippen LogP contribution in [-0.4, -0.2) is 30.7 Å². The van der Waals surface area contributed by atoms with Gasteiger partial charge in [0.15, 0.2) is 0 Å². The van der Waals surface area contributed by atoms with Crippen molar-refractivity contribution in [3.63, 3.8) is 0 Å². The number of ketones is 1. The first-order valence-electron chi connectivity index (χ1n) is 6.10. The highest BCUT2D eigenvalue weighted by atomic mass is 19.4. The van der Waals surface area contributed by atoms with Crippen LogP contribution < -0.4 is 10.2 Å². The van der Waals surface area contributed by atoms with E-state index >= 15 is 0 Å². The van der Waals surface area contributed by atoms with Crippen molar-refractivity contribution in [2.75, 3.05) is 18.0 Å². The maximum Gasteiger partial charge on any atom is 0.416 e. The SMILES string of the molecule is CCNC(=O)CN1C(=O)C(=O)c2cc(C(F)(F)F)ccc21. The van der Waals surface area contributed by atoms with E-state index in [0.29, 0.717) is 12.6 Å². The molecule has 1 heterocycles. The average molecular weight is 300 g/mol. The monoisotopic (exact) mass is 300 g/mol. The number of likely N-dealkylation sites (N-methyl/N-ethyl adjacent to an activating group) is 1. The second kappa shape index (κ2) is 5.19. The lowest BCUT2D eigenvalue weighted by Gasteiger charge is -2.16. The Labute approximate surface area is 117 Å². The fourth-order valence-corrected chi connectivity index (χ4v) is 2.03. The van der Waals surface area contributed by atoms with Gasteiger partial charge in [-0.05, 0) is 25.1 Å². The zero-order valence-corrected chi connectivity index (χ0v) is 11.0. The first kappa shape index (κ1) is 15.0. The van der Waals surface area contributed by atoms with Crippen molar-refractivity contribution in [2.24, 2.45) is 0 Å². The molecule has 112 valence electrons. The van der Waals surface area contributed by atoms with Crippen LogP contribution in [0.1, 0.15) is 22.8 Å². The van der Waals surface area contributed by atoms with Gasteiger partial charge in [0.1, 0.15) is 6.54 Å². The van der Waals surface area contributed by atoms with E-state index < -0.39 is 35.9 Å². The summed E-state index contributed by atoms with van der Waals surface area (Å²) in [6.07, 6.45) is -4.61. The molecular weight excluding hydrogens is 289 g/mol. The summed E-state index contributed by atoms with van der Waals surface area (Å²) in [5, 5.41) is 2.45. The highest BCUT2D eigenvalue weighted by Gasteiger charge is 2.39. The van der Waals surface area contributed by atoms with Gasteiger partial charge in [0, 0.05) is 6.54 Å². The van der Waals surface area contributed by atoms with E-state index in [1.54, 1.807) is 6.92 Å². The predicted molar refractivity (Wildman–Crippen MR) is 66.8 cm³/mol. The third-order valence-electron chi connectivity index (χ3n) is 2.97. The largest absolute Gasteiger partial charge is 0.416 e. The number of carbonyl (C=O) groups is 3. The van der Waals surface area contributed by atoms with E-state index in [1.165, 1.54) is 0 Å². The quantitative estimate of drug-likeness (QED) is 0.857. The standard InChI is InChI=1S/C13H11F3N2O3/c1-2-17-10(19)6-18-9-4-3-7(13(14,15)16)5-8(9)11(20)12(18)21/h3-5H,2,6H2,1H3,(H,17,19). The Balaban J connectivity index is 2.37. The molecule has 1 aromatic carbocycles. The number of amides is 2. The summed E-state index contributed by atoms with van der Waals surface area (Å²) in [4.78, 5) is 35.9. The Kier molecular flexibility index (Phi) is 3.71. The third-order valence-corrected chi connectivity index (χ3v) is 2.97. The number of hydrogen-bond acceptors (Lipinski definition) is 3. The lowest BCUT2D eigenvalue weighted by Crippen LogP contribution is -2.40. The number of nitrogens with zero attached hydrogens (tertiary/aromatic N) is 1. The summed E-state index contributed by atoms with van der Waals surface area (Å²) in [7, 11) is 0. The minimum absolute atomic E-state index is 0.0178. The van der Waals surface area contributed by atoms with Crippen LogP contribution in [-0.2, 0) is 15.8 Å². The van der Waals surface area contributed by atoms with Gasteiger partial charge < -0.3 is 5.32 Å². The van der Waals surface area contributed by atoms with Crippen LogP contribution in [0.4, 0.5) is 18.9 Å². The molecule has 0 saturated carbocycles. The van der Waals surface area contributed by atoms with Crippen LogP contribution in [0.2, 0.25) is 0 Å². The first-order chi connectivity index (χ1) is 9.75. The van der Waals surface area contributed by atoms with Crippen molar-refractivity contribution in [3.8, 4) is 0 Å². The number of nitrogens with one attached hydrogen (secondary N) is 1. The predicted octanol–water partition coefficient (Wildman–Crippen LogP) is 1.37. The van der Waals surface area contributed by atoms with E-state index in [4.69, 9.17) is 0 Å². The molecule has 21 heavy (non-hydrogen) atoms. The Morgan fingerprint density at radius 1 is 1.29 bits per heavy atom. The fraction of sp³-hybridized carbons (Fsp3) is 0.308. The van der Waals surface area contributed by atoms with Gasteiger partial charge in [-0.25, -0.2) is 0 Å². The molecule has 0 radical (unpaired) electrons. The molecule has 0 aliphatic carbocycles. The fourth-order valence-electron chi connectivity index (χ4n) is 2.03.